The van der Waals surface area contributed by atoms with E-state index < -0.39 is 0 Å². The van der Waals surface area contributed by atoms with Crippen molar-refractivity contribution in [2.45, 2.75) is 32.4 Å². The summed E-state index contributed by atoms with van der Waals surface area (Å²) in [4.78, 5) is 8.87. The topological polar surface area (TPSA) is 39.6 Å². The molecule has 0 spiro atoms. The molecule has 0 aliphatic carbocycles. The average molecular weight is 249 g/mol. The zero-order valence-corrected chi connectivity index (χ0v) is 11.3. The third-order valence-electron chi connectivity index (χ3n) is 3.98. The highest BCUT2D eigenvalue weighted by molar-refractivity contribution is 5.52. The van der Waals surface area contributed by atoms with Crippen molar-refractivity contribution in [1.29, 1.82) is 0 Å². The minimum atomic E-state index is 0.0569. The highest BCUT2D eigenvalue weighted by atomic mass is 16.3. The summed E-state index contributed by atoms with van der Waals surface area (Å²) in [6.07, 6.45) is 5.94. The molecule has 0 aromatic carbocycles. The van der Waals surface area contributed by atoms with Crippen LogP contribution in [0, 0.1) is 0 Å². The van der Waals surface area contributed by atoms with Crippen LogP contribution in [0.1, 0.15) is 25.3 Å². The normalized spacial score (nSPS) is 17.9. The Bertz CT molecular complexity index is 375. The van der Waals surface area contributed by atoms with Crippen LogP contribution < -0.4 is 4.90 Å². The first-order valence-electron chi connectivity index (χ1n) is 6.75. The molecule has 18 heavy (non-hydrogen) atoms. The quantitative estimate of drug-likeness (QED) is 0.877. The Balaban J connectivity index is 2.05. The van der Waals surface area contributed by atoms with Gasteiger partial charge in [0.1, 0.15) is 0 Å². The molecule has 0 amide bonds. The van der Waals surface area contributed by atoms with Crippen molar-refractivity contribution in [1.82, 2.24) is 9.88 Å². The van der Waals surface area contributed by atoms with Gasteiger partial charge in [0.15, 0.2) is 0 Å². The monoisotopic (exact) mass is 249 g/mol. The second kappa shape index (κ2) is 6.16. The van der Waals surface area contributed by atoms with Crippen LogP contribution in [0.5, 0.6) is 0 Å². The second-order valence-electron chi connectivity index (χ2n) is 4.94. The number of hydrogen-bond donors (Lipinski definition) is 1. The van der Waals surface area contributed by atoms with Crippen LogP contribution in [0.4, 0.5) is 5.69 Å². The molecule has 1 saturated heterocycles. The van der Waals surface area contributed by atoms with Gasteiger partial charge in [-0.2, -0.15) is 0 Å². The van der Waals surface area contributed by atoms with Gasteiger partial charge in [-0.25, -0.2) is 0 Å². The molecule has 1 aliphatic rings. The first kappa shape index (κ1) is 13.3. The summed E-state index contributed by atoms with van der Waals surface area (Å²) in [6, 6.07) is 2.57. The number of pyridine rings is 1. The van der Waals surface area contributed by atoms with Crippen molar-refractivity contribution >= 4 is 5.69 Å². The van der Waals surface area contributed by atoms with Gasteiger partial charge in [-0.15, -0.1) is 0 Å². The minimum Gasteiger partial charge on any atom is -0.392 e. The summed E-state index contributed by atoms with van der Waals surface area (Å²) < 4.78 is 0. The molecule has 1 aromatic heterocycles. The zero-order valence-electron chi connectivity index (χ0n) is 11.3. The van der Waals surface area contributed by atoms with Crippen molar-refractivity contribution in [3.63, 3.8) is 0 Å². The maximum absolute atomic E-state index is 9.37. The second-order valence-corrected chi connectivity index (χ2v) is 4.94. The van der Waals surface area contributed by atoms with E-state index in [9.17, 15) is 5.11 Å². The molecule has 2 heterocycles. The lowest BCUT2D eigenvalue weighted by atomic mass is 10.0. The molecule has 4 heteroatoms. The number of rotatable bonds is 4. The number of nitrogens with zero attached hydrogens (tertiary/aromatic N) is 3. The number of aliphatic hydroxyl groups excluding tert-OH is 1. The summed E-state index contributed by atoms with van der Waals surface area (Å²) in [7, 11) is 2.13. The molecule has 2 rings (SSSR count). The van der Waals surface area contributed by atoms with E-state index in [0.717, 1.165) is 17.8 Å². The van der Waals surface area contributed by atoms with Gasteiger partial charge in [0, 0.05) is 49.8 Å². The fraction of sp³-hybridized carbons (Fsp3) is 0.643. The zero-order chi connectivity index (χ0) is 13.0. The van der Waals surface area contributed by atoms with Gasteiger partial charge in [0.05, 0.1) is 6.61 Å². The maximum atomic E-state index is 9.37. The van der Waals surface area contributed by atoms with Gasteiger partial charge in [0.25, 0.3) is 0 Å². The smallest absolute Gasteiger partial charge is 0.0717 e. The number of anilines is 1. The van der Waals surface area contributed by atoms with Crippen LogP contribution in [-0.2, 0) is 6.61 Å². The summed E-state index contributed by atoms with van der Waals surface area (Å²) in [6.45, 7) is 5.77. The van der Waals surface area contributed by atoms with E-state index in [1.807, 2.05) is 6.07 Å². The Morgan fingerprint density at radius 2 is 2.17 bits per heavy atom. The van der Waals surface area contributed by atoms with Gasteiger partial charge < -0.3 is 14.9 Å². The van der Waals surface area contributed by atoms with Gasteiger partial charge in [0.2, 0.25) is 0 Å². The molecular formula is C14H23N3O. The SMILES string of the molecule is CCN1CCC(N(C)c2ccncc2CO)CC1. The first-order valence-corrected chi connectivity index (χ1v) is 6.75. The van der Waals surface area contributed by atoms with Crippen LogP contribution in [-0.4, -0.2) is 47.7 Å². The molecule has 1 aliphatic heterocycles. The Morgan fingerprint density at radius 1 is 1.44 bits per heavy atom. The number of piperidine rings is 1. The van der Waals surface area contributed by atoms with Gasteiger partial charge in [-0.1, -0.05) is 6.92 Å². The fourth-order valence-electron chi connectivity index (χ4n) is 2.71. The lowest BCUT2D eigenvalue weighted by molar-refractivity contribution is 0.220. The minimum absolute atomic E-state index is 0.0569. The van der Waals surface area contributed by atoms with E-state index >= 15 is 0 Å². The van der Waals surface area contributed by atoms with E-state index in [2.05, 4.69) is 28.8 Å². The van der Waals surface area contributed by atoms with Gasteiger partial charge in [-0.3, -0.25) is 4.98 Å². The summed E-state index contributed by atoms with van der Waals surface area (Å²) in [5, 5.41) is 9.37. The van der Waals surface area contributed by atoms with Crippen LogP contribution in [0.25, 0.3) is 0 Å². The molecule has 1 fully saturated rings. The summed E-state index contributed by atoms with van der Waals surface area (Å²) in [5.41, 5.74) is 2.03. The lowest BCUT2D eigenvalue weighted by Crippen LogP contribution is -2.43. The number of aromatic nitrogens is 1. The fourth-order valence-corrected chi connectivity index (χ4v) is 2.71. The molecule has 0 bridgehead atoms. The van der Waals surface area contributed by atoms with Crippen molar-refractivity contribution < 1.29 is 5.11 Å². The maximum Gasteiger partial charge on any atom is 0.0717 e. The van der Waals surface area contributed by atoms with E-state index in [1.54, 1.807) is 12.4 Å². The molecule has 100 valence electrons. The molecule has 0 saturated carbocycles. The van der Waals surface area contributed by atoms with Crippen LogP contribution in [0.3, 0.4) is 0 Å². The lowest BCUT2D eigenvalue weighted by Gasteiger charge is -2.38. The molecule has 1 aromatic rings. The highest BCUT2D eigenvalue weighted by Gasteiger charge is 2.22. The Labute approximate surface area is 109 Å². The molecule has 0 atom stereocenters. The third kappa shape index (κ3) is 2.82. The molecule has 0 radical (unpaired) electrons. The van der Waals surface area contributed by atoms with Crippen molar-refractivity contribution in [2.75, 3.05) is 31.6 Å². The molecular weight excluding hydrogens is 226 g/mol. The van der Waals surface area contributed by atoms with Gasteiger partial charge >= 0.3 is 0 Å². The summed E-state index contributed by atoms with van der Waals surface area (Å²) >= 11 is 0. The third-order valence-corrected chi connectivity index (χ3v) is 3.98. The van der Waals surface area contributed by atoms with E-state index in [0.29, 0.717) is 6.04 Å². The number of aliphatic hydroxyl groups is 1. The van der Waals surface area contributed by atoms with E-state index in [-0.39, 0.29) is 6.61 Å². The van der Waals surface area contributed by atoms with Crippen molar-refractivity contribution in [3.05, 3.63) is 24.0 Å². The van der Waals surface area contributed by atoms with Crippen LogP contribution >= 0.6 is 0 Å². The standard InChI is InChI=1S/C14H23N3O/c1-3-17-8-5-13(6-9-17)16(2)14-4-7-15-10-12(14)11-18/h4,7,10,13,18H,3,5-6,8-9,11H2,1-2H3. The Hall–Kier alpha value is -1.13. The molecule has 1 N–H and O–H groups in total. The van der Waals surface area contributed by atoms with Gasteiger partial charge in [-0.05, 0) is 25.5 Å². The predicted octanol–water partition coefficient (Wildman–Crippen LogP) is 1.49. The number of likely N-dealkylation sites (tertiary alicyclic amines) is 1. The van der Waals surface area contributed by atoms with Crippen LogP contribution in [0.2, 0.25) is 0 Å². The Kier molecular flexibility index (Phi) is 4.55. The van der Waals surface area contributed by atoms with E-state index in [1.165, 1.54) is 25.9 Å². The highest BCUT2D eigenvalue weighted by Crippen LogP contribution is 2.24. The van der Waals surface area contributed by atoms with Crippen molar-refractivity contribution in [3.8, 4) is 0 Å². The van der Waals surface area contributed by atoms with Crippen molar-refractivity contribution in [2.24, 2.45) is 0 Å². The van der Waals surface area contributed by atoms with Crippen LogP contribution in [0.15, 0.2) is 18.5 Å². The predicted molar refractivity (Wildman–Crippen MR) is 73.7 cm³/mol. The molecule has 0 unspecified atom stereocenters. The van der Waals surface area contributed by atoms with E-state index in [4.69, 9.17) is 0 Å². The largest absolute Gasteiger partial charge is 0.392 e. The average Bonchev–Trinajstić information content (AvgIpc) is 2.46. The first-order chi connectivity index (χ1) is 8.76. The Morgan fingerprint density at radius 3 is 2.78 bits per heavy atom. The molecule has 4 nitrogen and oxygen atoms in total. The number of hydrogen-bond acceptors (Lipinski definition) is 4. The summed E-state index contributed by atoms with van der Waals surface area (Å²) in [5.74, 6) is 0.